The Hall–Kier alpha value is -0.150. The number of nitrogens with one attached hydrogen (secondary N) is 1. The molecule has 2 nitrogen and oxygen atoms in total. The summed E-state index contributed by atoms with van der Waals surface area (Å²) in [7, 11) is 0. The Morgan fingerprint density at radius 1 is 1.13 bits per heavy atom. The van der Waals surface area contributed by atoms with E-state index in [1.54, 1.807) is 12.1 Å². The highest BCUT2D eigenvalue weighted by atomic mass is 35.5. The fraction of sp³-hybridized carbons (Fsp3) is 0.400. The molecule has 0 amide bonds. The van der Waals surface area contributed by atoms with Gasteiger partial charge in [0, 0.05) is 6.61 Å². The molecular weight excluding hydrogens is 256 g/mol. The highest BCUT2D eigenvalue weighted by Gasteiger charge is 2.16. The van der Waals surface area contributed by atoms with E-state index < -0.39 is 0 Å². The Labute approximate surface area is 103 Å². The average Bonchev–Trinajstić information content (AvgIpc) is 2.67. The minimum Gasteiger partial charge on any atom is -0.379 e. The third-order valence-corrected chi connectivity index (χ3v) is 3.33. The molecular formula is C10H10Cl3NO. The van der Waals surface area contributed by atoms with Crippen LogP contribution in [0.4, 0.5) is 5.69 Å². The summed E-state index contributed by atoms with van der Waals surface area (Å²) in [5.74, 6) is 0. The molecule has 0 aliphatic carbocycles. The van der Waals surface area contributed by atoms with Crippen LogP contribution in [-0.4, -0.2) is 19.3 Å². The summed E-state index contributed by atoms with van der Waals surface area (Å²) in [5, 5.41) is 4.83. The van der Waals surface area contributed by atoms with E-state index in [0.717, 1.165) is 18.7 Å². The van der Waals surface area contributed by atoms with Crippen molar-refractivity contribution in [3.8, 4) is 0 Å². The van der Waals surface area contributed by atoms with E-state index in [9.17, 15) is 0 Å². The molecule has 1 aromatic carbocycles. The summed E-state index contributed by atoms with van der Waals surface area (Å²) in [5.41, 5.74) is 0.807. The van der Waals surface area contributed by atoms with E-state index in [2.05, 4.69) is 5.32 Å². The van der Waals surface area contributed by atoms with Crippen LogP contribution in [0.15, 0.2) is 12.1 Å². The first-order chi connectivity index (χ1) is 7.16. The van der Waals surface area contributed by atoms with E-state index in [4.69, 9.17) is 39.5 Å². The van der Waals surface area contributed by atoms with Crippen LogP contribution >= 0.6 is 34.8 Å². The van der Waals surface area contributed by atoms with Gasteiger partial charge in [0.25, 0.3) is 0 Å². The molecule has 0 bridgehead atoms. The second-order valence-corrected chi connectivity index (χ2v) is 4.67. The Kier molecular flexibility index (Phi) is 3.62. The Bertz CT molecular complexity index is 364. The summed E-state index contributed by atoms with van der Waals surface area (Å²) in [6.07, 6.45) is 0.983. The third-order valence-electron chi connectivity index (χ3n) is 2.30. The predicted molar refractivity (Wildman–Crippen MR) is 64.3 cm³/mol. The summed E-state index contributed by atoms with van der Waals surface area (Å²) >= 11 is 17.8. The molecule has 0 radical (unpaired) electrons. The fourth-order valence-corrected chi connectivity index (χ4v) is 2.10. The Morgan fingerprint density at radius 3 is 2.53 bits per heavy atom. The van der Waals surface area contributed by atoms with Crippen molar-refractivity contribution in [3.05, 3.63) is 27.2 Å². The first-order valence-corrected chi connectivity index (χ1v) is 5.79. The van der Waals surface area contributed by atoms with Crippen molar-refractivity contribution < 1.29 is 4.74 Å². The zero-order valence-electron chi connectivity index (χ0n) is 7.90. The standard InChI is InChI=1S/C10H10Cl3NO/c11-7-3-9(13)10(4-8(7)12)14-6-1-2-15-5-6/h3-4,6,14H,1-2,5H2. The van der Waals surface area contributed by atoms with Crippen LogP contribution in [0.3, 0.4) is 0 Å². The zero-order chi connectivity index (χ0) is 10.8. The molecule has 1 atom stereocenters. The fourth-order valence-electron chi connectivity index (χ4n) is 1.50. The molecule has 0 saturated carbocycles. The van der Waals surface area contributed by atoms with Crippen LogP contribution < -0.4 is 5.32 Å². The van der Waals surface area contributed by atoms with Crippen LogP contribution in [0, 0.1) is 0 Å². The largest absolute Gasteiger partial charge is 0.379 e. The van der Waals surface area contributed by atoms with Crippen LogP contribution in [0.1, 0.15) is 6.42 Å². The highest BCUT2D eigenvalue weighted by molar-refractivity contribution is 6.44. The molecule has 1 N–H and O–H groups in total. The molecule has 1 fully saturated rings. The number of rotatable bonds is 2. The zero-order valence-corrected chi connectivity index (χ0v) is 10.2. The lowest BCUT2D eigenvalue weighted by Crippen LogP contribution is -2.19. The molecule has 15 heavy (non-hydrogen) atoms. The molecule has 82 valence electrons. The second kappa shape index (κ2) is 4.79. The van der Waals surface area contributed by atoms with Gasteiger partial charge in [-0.25, -0.2) is 0 Å². The third kappa shape index (κ3) is 2.70. The van der Waals surface area contributed by atoms with Crippen molar-refractivity contribution in [3.63, 3.8) is 0 Å². The van der Waals surface area contributed by atoms with Gasteiger partial charge in [0.05, 0.1) is 33.4 Å². The molecule has 0 aromatic heterocycles. The Morgan fingerprint density at radius 2 is 1.87 bits per heavy atom. The van der Waals surface area contributed by atoms with E-state index in [0.29, 0.717) is 27.7 Å². The summed E-state index contributed by atoms with van der Waals surface area (Å²) in [6.45, 7) is 1.49. The first kappa shape index (κ1) is 11.3. The molecule has 2 rings (SSSR count). The maximum Gasteiger partial charge on any atom is 0.0668 e. The van der Waals surface area contributed by atoms with Gasteiger partial charge in [-0.05, 0) is 18.6 Å². The lowest BCUT2D eigenvalue weighted by atomic mass is 10.2. The monoisotopic (exact) mass is 265 g/mol. The summed E-state index contributed by atoms with van der Waals surface area (Å²) in [6, 6.07) is 3.69. The first-order valence-electron chi connectivity index (χ1n) is 4.65. The maximum absolute atomic E-state index is 6.03. The highest BCUT2D eigenvalue weighted by Crippen LogP contribution is 2.33. The molecule has 1 aromatic rings. The number of anilines is 1. The van der Waals surface area contributed by atoms with Crippen LogP contribution in [0.2, 0.25) is 15.1 Å². The summed E-state index contributed by atoms with van der Waals surface area (Å²) in [4.78, 5) is 0. The van der Waals surface area contributed by atoms with Gasteiger partial charge >= 0.3 is 0 Å². The van der Waals surface area contributed by atoms with Crippen molar-refractivity contribution in [2.24, 2.45) is 0 Å². The number of halogens is 3. The minimum absolute atomic E-state index is 0.305. The van der Waals surface area contributed by atoms with Crippen molar-refractivity contribution >= 4 is 40.5 Å². The van der Waals surface area contributed by atoms with Gasteiger partial charge in [0.1, 0.15) is 0 Å². The number of hydrogen-bond acceptors (Lipinski definition) is 2. The van der Waals surface area contributed by atoms with E-state index >= 15 is 0 Å². The van der Waals surface area contributed by atoms with Crippen LogP contribution in [-0.2, 0) is 4.74 Å². The van der Waals surface area contributed by atoms with Gasteiger partial charge in [-0.1, -0.05) is 34.8 Å². The topological polar surface area (TPSA) is 21.3 Å². The number of benzene rings is 1. The van der Waals surface area contributed by atoms with Crippen molar-refractivity contribution in [1.29, 1.82) is 0 Å². The molecule has 1 aliphatic heterocycles. The van der Waals surface area contributed by atoms with Crippen LogP contribution in [0.5, 0.6) is 0 Å². The van der Waals surface area contributed by atoms with Crippen molar-refractivity contribution in [1.82, 2.24) is 0 Å². The number of hydrogen-bond donors (Lipinski definition) is 1. The quantitative estimate of drug-likeness (QED) is 0.821. The van der Waals surface area contributed by atoms with Gasteiger partial charge in [-0.2, -0.15) is 0 Å². The van der Waals surface area contributed by atoms with Gasteiger partial charge in [0.15, 0.2) is 0 Å². The average molecular weight is 267 g/mol. The molecule has 5 heteroatoms. The smallest absolute Gasteiger partial charge is 0.0668 e. The summed E-state index contributed by atoms with van der Waals surface area (Å²) < 4.78 is 5.26. The Balaban J connectivity index is 2.16. The lowest BCUT2D eigenvalue weighted by molar-refractivity contribution is 0.195. The van der Waals surface area contributed by atoms with E-state index in [1.165, 1.54) is 0 Å². The number of ether oxygens (including phenoxy) is 1. The predicted octanol–water partition coefficient (Wildman–Crippen LogP) is 3.85. The van der Waals surface area contributed by atoms with Crippen molar-refractivity contribution in [2.45, 2.75) is 12.5 Å². The van der Waals surface area contributed by atoms with Gasteiger partial charge in [-0.15, -0.1) is 0 Å². The molecule has 1 unspecified atom stereocenters. The molecule has 1 aliphatic rings. The minimum atomic E-state index is 0.305. The van der Waals surface area contributed by atoms with Crippen molar-refractivity contribution in [2.75, 3.05) is 18.5 Å². The second-order valence-electron chi connectivity index (χ2n) is 3.45. The lowest BCUT2D eigenvalue weighted by Gasteiger charge is -2.14. The van der Waals surface area contributed by atoms with Gasteiger partial charge in [0.2, 0.25) is 0 Å². The van der Waals surface area contributed by atoms with E-state index in [1.807, 2.05) is 0 Å². The molecule has 1 saturated heterocycles. The SMILES string of the molecule is Clc1cc(Cl)c(NC2CCOC2)cc1Cl. The van der Waals surface area contributed by atoms with Gasteiger partial charge in [-0.3, -0.25) is 0 Å². The van der Waals surface area contributed by atoms with Crippen LogP contribution in [0.25, 0.3) is 0 Å². The normalized spacial score (nSPS) is 20.6. The van der Waals surface area contributed by atoms with E-state index in [-0.39, 0.29) is 0 Å². The molecule has 0 spiro atoms. The van der Waals surface area contributed by atoms with Gasteiger partial charge < -0.3 is 10.1 Å². The maximum atomic E-state index is 6.03. The molecule has 1 heterocycles.